The van der Waals surface area contributed by atoms with E-state index in [1.54, 1.807) is 11.1 Å². The van der Waals surface area contributed by atoms with E-state index in [1.165, 1.54) is 44.9 Å². The van der Waals surface area contributed by atoms with Gasteiger partial charge in [-0.05, 0) is 125 Å². The molecule has 1 N–H and O–H groups in total. The quantitative estimate of drug-likeness (QED) is 0.590. The van der Waals surface area contributed by atoms with E-state index in [2.05, 4.69) is 76.0 Å². The third-order valence-corrected chi connectivity index (χ3v) is 12.8. The van der Waals surface area contributed by atoms with Crippen LogP contribution in [0.15, 0.2) is 24.3 Å². The lowest BCUT2D eigenvalue weighted by Crippen LogP contribution is -2.57. The van der Waals surface area contributed by atoms with Gasteiger partial charge in [-0.1, -0.05) is 38.1 Å². The number of aliphatic hydroxyl groups is 1. The first-order valence-electron chi connectivity index (χ1n) is 14.3. The first kappa shape index (κ1) is 23.5. The minimum atomic E-state index is -0.130. The highest BCUT2D eigenvalue weighted by Gasteiger charge is 2.64. The molecular weight excluding hydrogens is 416 g/mol. The van der Waals surface area contributed by atoms with Crippen molar-refractivity contribution in [2.75, 3.05) is 21.1 Å². The fraction of sp³-hybridized carbons (Fsp3) is 0.806. The number of hydrogen-bond donors (Lipinski definition) is 1. The Morgan fingerprint density at radius 1 is 1.00 bits per heavy atom. The topological polar surface area (TPSA) is 26.7 Å². The summed E-state index contributed by atoms with van der Waals surface area (Å²) in [4.78, 5) is 5.05. The smallest absolute Gasteiger partial charge is 0.0591 e. The van der Waals surface area contributed by atoms with Gasteiger partial charge in [-0.25, -0.2) is 0 Å². The summed E-state index contributed by atoms with van der Waals surface area (Å²) in [5.74, 6) is 3.62. The summed E-state index contributed by atoms with van der Waals surface area (Å²) in [6, 6.07) is 9.74. The summed E-state index contributed by atoms with van der Waals surface area (Å²) >= 11 is 0. The molecule has 1 spiro atoms. The molecule has 1 aromatic rings. The Kier molecular flexibility index (Phi) is 5.39. The molecule has 4 aliphatic carbocycles. The van der Waals surface area contributed by atoms with E-state index in [-0.39, 0.29) is 11.6 Å². The molecule has 6 rings (SSSR count). The predicted octanol–water partition coefficient (Wildman–Crippen LogP) is 5.91. The minimum absolute atomic E-state index is 0.130. The molecule has 10 unspecified atom stereocenters. The summed E-state index contributed by atoms with van der Waals surface area (Å²) in [6.07, 6.45) is 10.4. The Balaban J connectivity index is 1.28. The van der Waals surface area contributed by atoms with E-state index in [0.29, 0.717) is 28.7 Å². The van der Waals surface area contributed by atoms with E-state index in [9.17, 15) is 5.11 Å². The zero-order valence-electron chi connectivity index (χ0n) is 22.6. The van der Waals surface area contributed by atoms with Crippen molar-refractivity contribution in [3.63, 3.8) is 0 Å². The van der Waals surface area contributed by atoms with Crippen LogP contribution in [0.2, 0.25) is 0 Å². The minimum Gasteiger partial charge on any atom is -0.393 e. The number of hydrogen-bond acceptors (Lipinski definition) is 3. The summed E-state index contributed by atoms with van der Waals surface area (Å²) < 4.78 is 0. The van der Waals surface area contributed by atoms with Crippen molar-refractivity contribution < 1.29 is 5.11 Å². The molecule has 10 atom stereocenters. The molecule has 3 nitrogen and oxygen atoms in total. The first-order valence-corrected chi connectivity index (χ1v) is 14.3. The zero-order valence-corrected chi connectivity index (χ0v) is 22.6. The molecule has 1 heterocycles. The largest absolute Gasteiger partial charge is 0.393 e. The van der Waals surface area contributed by atoms with Crippen LogP contribution < -0.4 is 0 Å². The van der Waals surface area contributed by atoms with Gasteiger partial charge in [-0.3, -0.25) is 4.90 Å². The van der Waals surface area contributed by atoms with Crippen molar-refractivity contribution in [3.8, 4) is 0 Å². The Bertz CT molecular complexity index is 945. The van der Waals surface area contributed by atoms with E-state index in [4.69, 9.17) is 0 Å². The van der Waals surface area contributed by atoms with Crippen LogP contribution >= 0.6 is 0 Å². The maximum Gasteiger partial charge on any atom is 0.0591 e. The molecule has 34 heavy (non-hydrogen) atoms. The van der Waals surface area contributed by atoms with Crippen molar-refractivity contribution in [1.29, 1.82) is 0 Å². The van der Waals surface area contributed by atoms with Crippen LogP contribution in [0.4, 0.5) is 0 Å². The zero-order chi connectivity index (χ0) is 24.0. The van der Waals surface area contributed by atoms with Crippen LogP contribution in [0.1, 0.15) is 83.3 Å². The molecule has 188 valence electrons. The molecule has 0 saturated heterocycles. The normalized spacial score (nSPS) is 48.9. The van der Waals surface area contributed by atoms with Gasteiger partial charge >= 0.3 is 0 Å². The fourth-order valence-corrected chi connectivity index (χ4v) is 10.8. The fourth-order valence-electron chi connectivity index (χ4n) is 10.8. The summed E-state index contributed by atoms with van der Waals surface area (Å²) in [5.41, 5.74) is 4.25. The Morgan fingerprint density at radius 2 is 1.76 bits per heavy atom. The van der Waals surface area contributed by atoms with Crippen molar-refractivity contribution in [2.45, 2.75) is 96.4 Å². The van der Waals surface area contributed by atoms with Gasteiger partial charge in [0.1, 0.15) is 0 Å². The van der Waals surface area contributed by atoms with Crippen molar-refractivity contribution in [2.24, 2.45) is 40.4 Å². The molecule has 4 saturated carbocycles. The molecule has 5 aliphatic rings. The summed E-state index contributed by atoms with van der Waals surface area (Å²) in [6.45, 7) is 8.72. The van der Waals surface area contributed by atoms with Crippen LogP contribution in [0, 0.1) is 40.4 Å². The van der Waals surface area contributed by atoms with Crippen molar-refractivity contribution in [3.05, 3.63) is 35.4 Å². The van der Waals surface area contributed by atoms with Crippen LogP contribution in [-0.2, 0) is 12.1 Å². The van der Waals surface area contributed by atoms with Gasteiger partial charge in [0.2, 0.25) is 0 Å². The third kappa shape index (κ3) is 2.99. The standard InChI is InChI=1S/C31H48N2O/c1-20(32(4)5)28-27(34)17-26-23-12-11-22-18-31(24-10-8-7-9-21(24)19-33(31)6)16-15-29(22,2)25(23)13-14-30(26,28)3/h7-10,20,22-23,25-28,34H,11-19H2,1-6H3. The third-order valence-electron chi connectivity index (χ3n) is 12.8. The van der Waals surface area contributed by atoms with Crippen LogP contribution in [0.3, 0.4) is 0 Å². The van der Waals surface area contributed by atoms with E-state index >= 15 is 0 Å². The number of benzene rings is 1. The van der Waals surface area contributed by atoms with Crippen molar-refractivity contribution in [1.82, 2.24) is 9.80 Å². The molecule has 0 amide bonds. The van der Waals surface area contributed by atoms with Gasteiger partial charge in [-0.15, -0.1) is 0 Å². The molecule has 4 fully saturated rings. The number of fused-ring (bicyclic) bond motifs is 7. The molecular formula is C31H48N2O. The Hall–Kier alpha value is -0.900. The average molecular weight is 465 g/mol. The van der Waals surface area contributed by atoms with Crippen molar-refractivity contribution >= 4 is 0 Å². The maximum absolute atomic E-state index is 11.3. The molecule has 1 aliphatic heterocycles. The highest BCUT2D eigenvalue weighted by molar-refractivity contribution is 5.39. The number of aliphatic hydroxyl groups excluding tert-OH is 1. The Morgan fingerprint density at radius 3 is 2.53 bits per heavy atom. The first-order chi connectivity index (χ1) is 16.1. The SMILES string of the molecule is CC(C1C(O)CC2C3CCC4CC5(CCC4(C)C3CCC21C)c1ccccc1CN5C)N(C)C. The second-order valence-electron chi connectivity index (χ2n) is 14.0. The van der Waals surface area contributed by atoms with Crippen LogP contribution in [0.5, 0.6) is 0 Å². The molecule has 0 aromatic heterocycles. The lowest BCUT2D eigenvalue weighted by Gasteiger charge is -2.63. The highest BCUT2D eigenvalue weighted by Crippen LogP contribution is 2.69. The second kappa shape index (κ2) is 7.80. The van der Waals surface area contributed by atoms with Gasteiger partial charge in [0.15, 0.2) is 0 Å². The van der Waals surface area contributed by atoms with E-state index in [0.717, 1.165) is 30.7 Å². The van der Waals surface area contributed by atoms with Gasteiger partial charge in [-0.2, -0.15) is 0 Å². The molecule has 0 radical (unpaired) electrons. The monoisotopic (exact) mass is 464 g/mol. The second-order valence-corrected chi connectivity index (χ2v) is 14.0. The van der Waals surface area contributed by atoms with Gasteiger partial charge in [0.25, 0.3) is 0 Å². The van der Waals surface area contributed by atoms with Crippen LogP contribution in [-0.4, -0.2) is 48.2 Å². The molecule has 0 bridgehead atoms. The maximum atomic E-state index is 11.3. The van der Waals surface area contributed by atoms with E-state index in [1.807, 2.05) is 0 Å². The van der Waals surface area contributed by atoms with Gasteiger partial charge in [0, 0.05) is 24.0 Å². The summed E-state index contributed by atoms with van der Waals surface area (Å²) in [7, 11) is 6.77. The lowest BCUT2D eigenvalue weighted by molar-refractivity contribution is -0.138. The lowest BCUT2D eigenvalue weighted by atomic mass is 9.43. The average Bonchev–Trinajstić information content (AvgIpc) is 3.23. The van der Waals surface area contributed by atoms with Crippen LogP contribution in [0.25, 0.3) is 0 Å². The van der Waals surface area contributed by atoms with Gasteiger partial charge < -0.3 is 10.0 Å². The van der Waals surface area contributed by atoms with Gasteiger partial charge in [0.05, 0.1) is 6.10 Å². The number of nitrogens with zero attached hydrogens (tertiary/aromatic N) is 2. The molecule has 1 aromatic carbocycles. The number of rotatable bonds is 2. The predicted molar refractivity (Wildman–Crippen MR) is 139 cm³/mol. The Labute approximate surface area is 208 Å². The summed E-state index contributed by atoms with van der Waals surface area (Å²) in [5, 5.41) is 11.3. The van der Waals surface area contributed by atoms with E-state index < -0.39 is 0 Å². The highest BCUT2D eigenvalue weighted by atomic mass is 16.3. The molecule has 3 heteroatoms.